The molecule has 2 aromatic rings. The van der Waals surface area contributed by atoms with Gasteiger partial charge in [-0.1, -0.05) is 36.4 Å². The van der Waals surface area contributed by atoms with Crippen LogP contribution in [0.3, 0.4) is 0 Å². The van der Waals surface area contributed by atoms with Crippen LogP contribution in [0, 0.1) is 6.92 Å². The molecular weight excluding hydrogens is 376 g/mol. The van der Waals surface area contributed by atoms with Crippen LogP contribution < -0.4 is 5.32 Å². The molecule has 1 atom stereocenters. The summed E-state index contributed by atoms with van der Waals surface area (Å²) >= 11 is 1.33. The number of anilines is 1. The molecule has 0 saturated carbocycles. The van der Waals surface area contributed by atoms with E-state index in [-0.39, 0.29) is 24.8 Å². The van der Waals surface area contributed by atoms with E-state index in [1.807, 2.05) is 55.5 Å². The minimum atomic E-state index is -0.567. The van der Waals surface area contributed by atoms with Gasteiger partial charge in [-0.25, -0.2) is 0 Å². The SMILES string of the molecule is Cc1ccccc1CN(C)C(=O)COC(=O)C[C@H]1Sc2ccccc2NC1=O. The number of fused-ring (bicyclic) bond motifs is 1. The van der Waals surface area contributed by atoms with Crippen LogP contribution in [0.2, 0.25) is 0 Å². The van der Waals surface area contributed by atoms with Gasteiger partial charge in [-0.2, -0.15) is 0 Å². The number of benzene rings is 2. The van der Waals surface area contributed by atoms with Crippen molar-refractivity contribution in [2.45, 2.75) is 30.0 Å². The van der Waals surface area contributed by atoms with Gasteiger partial charge in [-0.3, -0.25) is 14.4 Å². The van der Waals surface area contributed by atoms with Gasteiger partial charge in [0.2, 0.25) is 5.91 Å². The van der Waals surface area contributed by atoms with E-state index in [0.29, 0.717) is 6.54 Å². The predicted molar refractivity (Wildman–Crippen MR) is 108 cm³/mol. The molecule has 6 nitrogen and oxygen atoms in total. The molecular formula is C21H22N2O4S. The van der Waals surface area contributed by atoms with Gasteiger partial charge >= 0.3 is 5.97 Å². The molecule has 1 N–H and O–H groups in total. The highest BCUT2D eigenvalue weighted by Crippen LogP contribution is 2.36. The van der Waals surface area contributed by atoms with Crippen LogP contribution in [0.5, 0.6) is 0 Å². The molecule has 0 bridgehead atoms. The van der Waals surface area contributed by atoms with Gasteiger partial charge < -0.3 is 15.0 Å². The fraction of sp³-hybridized carbons (Fsp3) is 0.286. The topological polar surface area (TPSA) is 75.7 Å². The van der Waals surface area contributed by atoms with Crippen molar-refractivity contribution in [3.63, 3.8) is 0 Å². The van der Waals surface area contributed by atoms with E-state index in [1.165, 1.54) is 16.7 Å². The Morgan fingerprint density at radius 3 is 2.64 bits per heavy atom. The Kier molecular flexibility index (Phi) is 6.36. The maximum atomic E-state index is 12.2. The first-order chi connectivity index (χ1) is 13.4. The standard InChI is InChI=1S/C21H22N2O4S/c1-14-7-3-4-8-15(14)12-23(2)19(24)13-27-20(25)11-18-21(26)22-16-9-5-6-10-17(16)28-18/h3-10,18H,11-13H2,1-2H3,(H,22,26)/t18-/m1/s1. The molecule has 1 aliphatic rings. The summed E-state index contributed by atoms with van der Waals surface area (Å²) < 4.78 is 5.11. The van der Waals surface area contributed by atoms with Crippen molar-refractivity contribution >= 4 is 35.2 Å². The lowest BCUT2D eigenvalue weighted by molar-refractivity contribution is -0.152. The summed E-state index contributed by atoms with van der Waals surface area (Å²) in [5.74, 6) is -1.09. The molecule has 0 radical (unpaired) electrons. The van der Waals surface area contributed by atoms with Gasteiger partial charge in [-0.15, -0.1) is 11.8 Å². The minimum Gasteiger partial charge on any atom is -0.456 e. The summed E-state index contributed by atoms with van der Waals surface area (Å²) in [6, 6.07) is 15.2. The maximum absolute atomic E-state index is 12.2. The number of para-hydroxylation sites is 1. The minimum absolute atomic E-state index is 0.0837. The van der Waals surface area contributed by atoms with E-state index in [0.717, 1.165) is 21.7 Å². The van der Waals surface area contributed by atoms with E-state index < -0.39 is 11.2 Å². The van der Waals surface area contributed by atoms with Gasteiger partial charge in [0.1, 0.15) is 0 Å². The first-order valence-corrected chi connectivity index (χ1v) is 9.82. The molecule has 0 spiro atoms. The molecule has 0 fully saturated rings. The van der Waals surface area contributed by atoms with Gasteiger partial charge in [0.25, 0.3) is 5.91 Å². The van der Waals surface area contributed by atoms with Crippen molar-refractivity contribution in [2.75, 3.05) is 19.0 Å². The summed E-state index contributed by atoms with van der Waals surface area (Å²) in [5.41, 5.74) is 2.88. The monoisotopic (exact) mass is 398 g/mol. The summed E-state index contributed by atoms with van der Waals surface area (Å²) in [6.45, 7) is 2.09. The number of hydrogen-bond acceptors (Lipinski definition) is 5. The van der Waals surface area contributed by atoms with Crippen molar-refractivity contribution in [2.24, 2.45) is 0 Å². The smallest absolute Gasteiger partial charge is 0.307 e. The average molecular weight is 398 g/mol. The summed E-state index contributed by atoms with van der Waals surface area (Å²) in [4.78, 5) is 39.0. The summed E-state index contributed by atoms with van der Waals surface area (Å²) in [6.07, 6.45) is -0.0837. The fourth-order valence-corrected chi connectivity index (χ4v) is 3.92. The number of amides is 2. The lowest BCUT2D eigenvalue weighted by Gasteiger charge is -2.23. The van der Waals surface area contributed by atoms with Crippen LogP contribution >= 0.6 is 11.8 Å². The van der Waals surface area contributed by atoms with Crippen molar-refractivity contribution in [1.82, 2.24) is 4.90 Å². The predicted octanol–water partition coefficient (Wildman–Crippen LogP) is 3.00. The molecule has 0 aromatic heterocycles. The Hall–Kier alpha value is -2.80. The lowest BCUT2D eigenvalue weighted by atomic mass is 10.1. The number of hydrogen-bond donors (Lipinski definition) is 1. The van der Waals surface area contributed by atoms with Gasteiger partial charge in [0.05, 0.1) is 17.4 Å². The van der Waals surface area contributed by atoms with Crippen molar-refractivity contribution < 1.29 is 19.1 Å². The molecule has 0 unspecified atom stereocenters. The number of likely N-dealkylation sites (N-methyl/N-ethyl adjacent to an activating group) is 1. The Balaban J connectivity index is 1.48. The maximum Gasteiger partial charge on any atom is 0.307 e. The van der Waals surface area contributed by atoms with Gasteiger partial charge in [-0.05, 0) is 30.2 Å². The molecule has 28 heavy (non-hydrogen) atoms. The fourth-order valence-electron chi connectivity index (χ4n) is 2.82. The largest absolute Gasteiger partial charge is 0.456 e. The number of rotatable bonds is 6. The zero-order valence-electron chi connectivity index (χ0n) is 15.8. The van der Waals surface area contributed by atoms with Crippen LogP contribution in [0.25, 0.3) is 0 Å². The number of nitrogens with zero attached hydrogens (tertiary/aromatic N) is 1. The third-order valence-electron chi connectivity index (χ3n) is 4.51. The third-order valence-corrected chi connectivity index (χ3v) is 5.78. The number of ether oxygens (including phenoxy) is 1. The van der Waals surface area contributed by atoms with Gasteiger partial charge in [0, 0.05) is 18.5 Å². The lowest BCUT2D eigenvalue weighted by Crippen LogP contribution is -2.33. The second-order valence-corrected chi connectivity index (χ2v) is 7.88. The van der Waals surface area contributed by atoms with E-state index >= 15 is 0 Å². The Morgan fingerprint density at radius 1 is 1.14 bits per heavy atom. The molecule has 7 heteroatoms. The van der Waals surface area contributed by atoms with Crippen LogP contribution in [0.15, 0.2) is 53.4 Å². The van der Waals surface area contributed by atoms with E-state index in [4.69, 9.17) is 4.74 Å². The second kappa shape index (κ2) is 8.93. The first-order valence-electron chi connectivity index (χ1n) is 8.94. The van der Waals surface area contributed by atoms with Crippen LogP contribution in [-0.2, 0) is 25.7 Å². The zero-order chi connectivity index (χ0) is 20.1. The molecule has 0 saturated heterocycles. The Labute approximate surface area is 168 Å². The van der Waals surface area contributed by atoms with Crippen LogP contribution in [0.1, 0.15) is 17.5 Å². The molecule has 146 valence electrons. The molecule has 1 aliphatic heterocycles. The number of thioether (sulfide) groups is 1. The van der Waals surface area contributed by atoms with Crippen LogP contribution in [-0.4, -0.2) is 41.6 Å². The van der Waals surface area contributed by atoms with E-state index in [2.05, 4.69) is 5.32 Å². The highest BCUT2D eigenvalue weighted by atomic mass is 32.2. The normalized spacial score (nSPS) is 15.4. The number of esters is 1. The van der Waals surface area contributed by atoms with Crippen LogP contribution in [0.4, 0.5) is 5.69 Å². The highest BCUT2D eigenvalue weighted by Gasteiger charge is 2.29. The average Bonchev–Trinajstić information content (AvgIpc) is 2.68. The molecule has 2 amide bonds. The molecule has 2 aromatic carbocycles. The van der Waals surface area contributed by atoms with Crippen molar-refractivity contribution in [1.29, 1.82) is 0 Å². The third kappa shape index (κ3) is 4.92. The summed E-state index contributed by atoms with van der Waals surface area (Å²) in [5, 5.41) is 2.22. The molecule has 3 rings (SSSR count). The molecule has 1 heterocycles. The van der Waals surface area contributed by atoms with Crippen molar-refractivity contribution in [3.8, 4) is 0 Å². The van der Waals surface area contributed by atoms with Gasteiger partial charge in [0.15, 0.2) is 6.61 Å². The Bertz CT molecular complexity index is 899. The zero-order valence-corrected chi connectivity index (χ0v) is 16.6. The second-order valence-electron chi connectivity index (χ2n) is 6.63. The van der Waals surface area contributed by atoms with E-state index in [9.17, 15) is 14.4 Å². The van der Waals surface area contributed by atoms with Crippen molar-refractivity contribution in [3.05, 3.63) is 59.7 Å². The number of nitrogens with one attached hydrogen (secondary N) is 1. The Morgan fingerprint density at radius 2 is 1.86 bits per heavy atom. The number of carbonyl (C=O) groups is 3. The highest BCUT2D eigenvalue weighted by molar-refractivity contribution is 8.01. The number of carbonyl (C=O) groups excluding carboxylic acids is 3. The molecule has 0 aliphatic carbocycles. The summed E-state index contributed by atoms with van der Waals surface area (Å²) in [7, 11) is 1.67. The van der Waals surface area contributed by atoms with E-state index in [1.54, 1.807) is 7.05 Å². The first kappa shape index (κ1) is 19.9. The quantitative estimate of drug-likeness (QED) is 0.757. The number of aryl methyl sites for hydroxylation is 1.